The SMILES string of the molecule is CC/C=C\C/C=C\C/C=C\C/C=C\C/C=C\C/C=C\CCCCCCCCCCCCC(=O)OCC(O)COP(=O)(O)OCC(O)COP(=O)(O)OCC(COC(=O)CCCCCCCC/C=C\C/C=C\C/C=C\C/C=C\C/C=C\C/C=C\CC)OC(=O)CCCCCCC/C=C\CCCCCCCC. The van der Waals surface area contributed by atoms with Crippen molar-refractivity contribution < 1.29 is 75.8 Å². The van der Waals surface area contributed by atoms with E-state index in [1.807, 2.05) is 0 Å². The molecule has 105 heavy (non-hydrogen) atoms. The van der Waals surface area contributed by atoms with E-state index in [-0.39, 0.29) is 19.3 Å². The molecule has 0 aliphatic carbocycles. The molecule has 0 aliphatic heterocycles. The number of carbonyl (C=O) groups excluding carboxylic acids is 3. The zero-order valence-electron chi connectivity index (χ0n) is 65.6. The molecule has 0 rings (SSSR count). The highest BCUT2D eigenvalue weighted by molar-refractivity contribution is 7.47. The number of unbranched alkanes of at least 4 members (excludes halogenated alkanes) is 27. The van der Waals surface area contributed by atoms with Crippen LogP contribution in [0, 0.1) is 0 Å². The first-order valence-corrected chi connectivity index (χ1v) is 43.8. The summed E-state index contributed by atoms with van der Waals surface area (Å²) in [5.41, 5.74) is 0. The van der Waals surface area contributed by atoms with Gasteiger partial charge in [-0.2, -0.15) is 0 Å². The third-order valence-corrected chi connectivity index (χ3v) is 18.6. The molecular weight excluding hydrogens is 1360 g/mol. The molecule has 0 saturated heterocycles. The lowest BCUT2D eigenvalue weighted by Crippen LogP contribution is -2.30. The van der Waals surface area contributed by atoms with Gasteiger partial charge in [-0.3, -0.25) is 32.5 Å². The van der Waals surface area contributed by atoms with Gasteiger partial charge in [-0.25, -0.2) is 9.13 Å². The molecule has 0 bridgehead atoms. The monoisotopic (exact) mass is 1510 g/mol. The van der Waals surface area contributed by atoms with Gasteiger partial charge in [0, 0.05) is 19.3 Å². The molecule has 0 spiro atoms. The highest BCUT2D eigenvalue weighted by Gasteiger charge is 2.29. The standard InChI is InChI=1S/C87H146O16P2/c1-4-7-10-13-16-19-22-25-28-30-32-34-36-38-39-40-41-43-45-46-48-50-53-55-58-61-64-67-70-73-85(90)97-76-82(88)77-99-104(93,94)100-78-83(89)79-101-105(95,96)102-81-84(103-87(92)75-72-69-66-63-60-57-52-27-24-21-18-15-12-9-6-3)80-98-86(91)74-71-68-65-62-59-56-54-51-49-47-44-42-37-35-33-31-29-26-23-20-17-14-11-8-5-2/h7-8,10-11,16-17,19-20,25-29,32-35,38-39,41-44,49,51-52,82-84,88-89H,4-6,9,12-15,18,21-24,30-31,36-37,40,45-48,50,53-81H2,1-3H3,(H,93,94)(H,95,96)/b10-7-,11-8-,19-16-,20-17-,28-25-,29-26-,34-32-,35-33-,39-38-,43-41-,44-42-,51-49-,52-27-. The third-order valence-electron chi connectivity index (χ3n) is 16.7. The number of carbonyl (C=O) groups is 3. The summed E-state index contributed by atoms with van der Waals surface area (Å²) in [6, 6.07) is 0. The summed E-state index contributed by atoms with van der Waals surface area (Å²) in [5.74, 6) is -1.61. The summed E-state index contributed by atoms with van der Waals surface area (Å²) in [6.07, 6.45) is 98.5. The summed E-state index contributed by atoms with van der Waals surface area (Å²) < 4.78 is 61.2. The van der Waals surface area contributed by atoms with Crippen LogP contribution in [0.25, 0.3) is 0 Å². The zero-order valence-corrected chi connectivity index (χ0v) is 67.4. The van der Waals surface area contributed by atoms with Crippen LogP contribution in [-0.4, -0.2) is 95.9 Å². The van der Waals surface area contributed by atoms with Crippen LogP contribution in [0.2, 0.25) is 0 Å². The number of hydrogen-bond acceptors (Lipinski definition) is 14. The second-order valence-corrected chi connectivity index (χ2v) is 29.7. The minimum atomic E-state index is -4.94. The van der Waals surface area contributed by atoms with Gasteiger partial charge in [-0.05, 0) is 148 Å². The van der Waals surface area contributed by atoms with E-state index < -0.39 is 91.5 Å². The van der Waals surface area contributed by atoms with Crippen molar-refractivity contribution in [1.82, 2.24) is 0 Å². The molecule has 5 unspecified atom stereocenters. The van der Waals surface area contributed by atoms with Crippen LogP contribution in [0.4, 0.5) is 0 Å². The summed E-state index contributed by atoms with van der Waals surface area (Å²) in [7, 11) is -9.81. The maximum absolute atomic E-state index is 13.0. The van der Waals surface area contributed by atoms with Crippen molar-refractivity contribution >= 4 is 33.6 Å². The Bertz CT molecular complexity index is 2540. The van der Waals surface area contributed by atoms with E-state index >= 15 is 0 Å². The summed E-state index contributed by atoms with van der Waals surface area (Å²) >= 11 is 0. The number of esters is 3. The number of aliphatic hydroxyl groups is 2. The van der Waals surface area contributed by atoms with Crippen LogP contribution < -0.4 is 0 Å². The Hall–Kier alpha value is -4.83. The Kier molecular flexibility index (Phi) is 75.1. The Labute approximate surface area is 638 Å². The third kappa shape index (κ3) is 80.0. The van der Waals surface area contributed by atoms with E-state index in [0.29, 0.717) is 19.3 Å². The van der Waals surface area contributed by atoms with Gasteiger partial charge >= 0.3 is 33.6 Å². The number of allylic oxidation sites excluding steroid dienone is 26. The van der Waals surface area contributed by atoms with Crippen LogP contribution in [0.15, 0.2) is 158 Å². The number of ether oxygens (including phenoxy) is 3. The fourth-order valence-corrected chi connectivity index (χ4v) is 12.2. The molecule has 4 N–H and O–H groups in total. The van der Waals surface area contributed by atoms with E-state index in [4.69, 9.17) is 32.3 Å². The van der Waals surface area contributed by atoms with Crippen LogP contribution >= 0.6 is 15.6 Å². The largest absolute Gasteiger partial charge is 0.472 e. The normalized spacial score (nSPS) is 14.8. The van der Waals surface area contributed by atoms with Gasteiger partial charge in [-0.1, -0.05) is 307 Å². The molecule has 16 nitrogen and oxygen atoms in total. The number of phosphoric ester groups is 2. The molecule has 0 fully saturated rings. The molecule has 0 heterocycles. The van der Waals surface area contributed by atoms with Crippen LogP contribution in [-0.2, 0) is 55.8 Å². The van der Waals surface area contributed by atoms with Crippen LogP contribution in [0.1, 0.15) is 316 Å². The maximum atomic E-state index is 13.0. The van der Waals surface area contributed by atoms with E-state index in [1.165, 1.54) is 70.6 Å². The fourth-order valence-electron chi connectivity index (χ4n) is 10.6. The predicted molar refractivity (Wildman–Crippen MR) is 435 cm³/mol. The lowest BCUT2D eigenvalue weighted by molar-refractivity contribution is -0.161. The first-order chi connectivity index (χ1) is 51.2. The molecule has 0 aromatic heterocycles. The van der Waals surface area contributed by atoms with Gasteiger partial charge < -0.3 is 34.2 Å². The van der Waals surface area contributed by atoms with Gasteiger partial charge in [0.1, 0.15) is 25.4 Å². The molecular formula is C87H146O16P2. The second kappa shape index (κ2) is 78.7. The molecule has 0 radical (unpaired) electrons. The average Bonchev–Trinajstić information content (AvgIpc) is 0.913. The van der Waals surface area contributed by atoms with Gasteiger partial charge in [0.25, 0.3) is 0 Å². The molecule has 600 valence electrons. The van der Waals surface area contributed by atoms with E-state index in [9.17, 15) is 43.5 Å². The molecule has 0 aromatic carbocycles. The van der Waals surface area contributed by atoms with Crippen molar-refractivity contribution in [2.24, 2.45) is 0 Å². The number of rotatable bonds is 76. The molecule has 0 amide bonds. The van der Waals surface area contributed by atoms with Crippen molar-refractivity contribution in [2.75, 3.05) is 39.6 Å². The molecule has 5 atom stereocenters. The van der Waals surface area contributed by atoms with Gasteiger partial charge in [0.05, 0.1) is 26.4 Å². The summed E-state index contributed by atoms with van der Waals surface area (Å²) in [6.45, 7) is 2.42. The quantitative estimate of drug-likeness (QED) is 0.0146. The summed E-state index contributed by atoms with van der Waals surface area (Å²) in [5, 5.41) is 20.7. The van der Waals surface area contributed by atoms with Crippen molar-refractivity contribution in [3.63, 3.8) is 0 Å². The van der Waals surface area contributed by atoms with Crippen molar-refractivity contribution in [3.8, 4) is 0 Å². The minimum Gasteiger partial charge on any atom is -0.463 e. The Morgan fingerprint density at radius 3 is 0.810 bits per heavy atom. The number of hydrogen-bond donors (Lipinski definition) is 4. The fraction of sp³-hybridized carbons (Fsp3) is 0.667. The maximum Gasteiger partial charge on any atom is 0.472 e. The summed E-state index contributed by atoms with van der Waals surface area (Å²) in [4.78, 5) is 58.7. The zero-order chi connectivity index (χ0) is 76.6. The lowest BCUT2D eigenvalue weighted by Gasteiger charge is -2.21. The highest BCUT2D eigenvalue weighted by Crippen LogP contribution is 2.45. The van der Waals surface area contributed by atoms with Crippen LogP contribution in [0.3, 0.4) is 0 Å². The lowest BCUT2D eigenvalue weighted by atomic mass is 10.1. The second-order valence-electron chi connectivity index (χ2n) is 26.8. The van der Waals surface area contributed by atoms with Crippen molar-refractivity contribution in [1.29, 1.82) is 0 Å². The molecule has 0 saturated carbocycles. The van der Waals surface area contributed by atoms with Crippen LogP contribution in [0.5, 0.6) is 0 Å². The smallest absolute Gasteiger partial charge is 0.463 e. The molecule has 0 aliphatic rings. The van der Waals surface area contributed by atoms with E-state index in [0.717, 1.165) is 186 Å². The van der Waals surface area contributed by atoms with Crippen molar-refractivity contribution in [2.45, 2.75) is 334 Å². The van der Waals surface area contributed by atoms with Gasteiger partial charge in [0.2, 0.25) is 0 Å². The Morgan fingerprint density at radius 2 is 0.505 bits per heavy atom. The van der Waals surface area contributed by atoms with E-state index in [2.05, 4.69) is 179 Å². The molecule has 18 heteroatoms. The highest BCUT2D eigenvalue weighted by atomic mass is 31.2. The minimum absolute atomic E-state index is 0.0874. The average molecular weight is 1510 g/mol. The Morgan fingerprint density at radius 1 is 0.276 bits per heavy atom. The van der Waals surface area contributed by atoms with Gasteiger partial charge in [-0.15, -0.1) is 0 Å². The number of aliphatic hydroxyl groups excluding tert-OH is 2. The molecule has 0 aromatic rings. The number of phosphoric acid groups is 2. The predicted octanol–water partition coefficient (Wildman–Crippen LogP) is 24.2. The van der Waals surface area contributed by atoms with E-state index in [1.54, 1.807) is 0 Å². The first kappa shape index (κ1) is 100. The van der Waals surface area contributed by atoms with Gasteiger partial charge in [0.15, 0.2) is 6.10 Å². The Balaban J connectivity index is 4.58. The van der Waals surface area contributed by atoms with Crippen molar-refractivity contribution in [3.05, 3.63) is 158 Å². The topological polar surface area (TPSA) is 231 Å². The first-order valence-electron chi connectivity index (χ1n) is 40.8.